The molecule has 0 radical (unpaired) electrons. The molecule has 0 aliphatic carbocycles. The first-order chi connectivity index (χ1) is 15.0. The van der Waals surface area contributed by atoms with Crippen molar-refractivity contribution >= 4 is 34.8 Å². The van der Waals surface area contributed by atoms with Crippen molar-refractivity contribution in [2.75, 3.05) is 20.1 Å². The van der Waals surface area contributed by atoms with Crippen LogP contribution in [0.5, 0.6) is 0 Å². The van der Waals surface area contributed by atoms with Crippen molar-refractivity contribution in [3.05, 3.63) is 57.2 Å². The monoisotopic (exact) mass is 460 g/mol. The summed E-state index contributed by atoms with van der Waals surface area (Å²) < 4.78 is 0. The number of nitrogens with zero attached hydrogens (tertiary/aromatic N) is 2. The van der Waals surface area contributed by atoms with E-state index in [2.05, 4.69) is 33.5 Å². The van der Waals surface area contributed by atoms with Crippen molar-refractivity contribution in [3.8, 4) is 0 Å². The summed E-state index contributed by atoms with van der Waals surface area (Å²) in [5.74, 6) is 0.143. The molecule has 2 saturated heterocycles. The lowest BCUT2D eigenvalue weighted by molar-refractivity contribution is -0.126. The van der Waals surface area contributed by atoms with E-state index in [-0.39, 0.29) is 29.9 Å². The fourth-order valence-corrected chi connectivity index (χ4v) is 5.54. The van der Waals surface area contributed by atoms with Crippen LogP contribution in [-0.4, -0.2) is 59.9 Å². The van der Waals surface area contributed by atoms with Crippen molar-refractivity contribution in [1.82, 2.24) is 20.4 Å². The number of fused-ring (bicyclic) bond motifs is 1. The highest BCUT2D eigenvalue weighted by Gasteiger charge is 2.44. The normalized spacial score (nSPS) is 24.5. The summed E-state index contributed by atoms with van der Waals surface area (Å²) in [6.45, 7) is 2.73. The van der Waals surface area contributed by atoms with Crippen LogP contribution in [0.3, 0.4) is 0 Å². The first-order valence-electron chi connectivity index (χ1n) is 10.8. The highest BCUT2D eigenvalue weighted by molar-refractivity contribution is 7.09. The average molecular weight is 461 g/mol. The van der Waals surface area contributed by atoms with E-state index in [4.69, 9.17) is 11.6 Å². The van der Waals surface area contributed by atoms with Crippen LogP contribution in [0.2, 0.25) is 5.02 Å². The Kier molecular flexibility index (Phi) is 7.27. The number of hydrogen-bond acceptors (Lipinski definition) is 5. The Morgan fingerprint density at radius 2 is 2.19 bits per heavy atom. The van der Waals surface area contributed by atoms with E-state index >= 15 is 0 Å². The molecule has 2 aromatic rings. The Morgan fingerprint density at radius 3 is 2.97 bits per heavy atom. The molecule has 1 aromatic heterocycles. The van der Waals surface area contributed by atoms with Crippen molar-refractivity contribution in [2.45, 2.75) is 50.5 Å². The lowest BCUT2D eigenvalue weighted by Gasteiger charge is -2.33. The zero-order valence-electron chi connectivity index (χ0n) is 17.7. The van der Waals surface area contributed by atoms with Crippen molar-refractivity contribution < 1.29 is 9.59 Å². The number of rotatable bonds is 7. The first-order valence-corrected chi connectivity index (χ1v) is 12.0. The number of carbonyl (C=O) groups excluding carboxylic acids is 2. The molecule has 3 unspecified atom stereocenters. The van der Waals surface area contributed by atoms with Gasteiger partial charge in [-0.2, -0.15) is 0 Å². The van der Waals surface area contributed by atoms with Crippen LogP contribution in [0.4, 0.5) is 0 Å². The molecule has 2 amide bonds. The van der Waals surface area contributed by atoms with Crippen molar-refractivity contribution in [1.29, 1.82) is 0 Å². The molecule has 2 aliphatic rings. The summed E-state index contributed by atoms with van der Waals surface area (Å²) in [6, 6.07) is 12.0. The minimum absolute atomic E-state index is 0.0583. The molecule has 3 heterocycles. The smallest absolute Gasteiger partial charge is 0.239 e. The molecule has 2 fully saturated rings. The van der Waals surface area contributed by atoms with Gasteiger partial charge in [0.25, 0.3) is 0 Å². The molecule has 0 bridgehead atoms. The van der Waals surface area contributed by atoms with Crippen LogP contribution in [-0.2, 0) is 22.7 Å². The maximum Gasteiger partial charge on any atom is 0.239 e. The maximum absolute atomic E-state index is 12.9. The molecule has 1 aromatic carbocycles. The van der Waals surface area contributed by atoms with Gasteiger partial charge in [-0.05, 0) is 49.0 Å². The van der Waals surface area contributed by atoms with E-state index in [0.717, 1.165) is 29.8 Å². The van der Waals surface area contributed by atoms with E-state index in [1.165, 1.54) is 0 Å². The number of hydrogen-bond donors (Lipinski definition) is 2. The maximum atomic E-state index is 12.9. The van der Waals surface area contributed by atoms with E-state index in [1.54, 1.807) is 11.3 Å². The third-order valence-electron chi connectivity index (χ3n) is 6.37. The third kappa shape index (κ3) is 5.47. The van der Waals surface area contributed by atoms with Gasteiger partial charge in [0.1, 0.15) is 6.04 Å². The Labute approximate surface area is 192 Å². The number of thiophene rings is 1. The van der Waals surface area contributed by atoms with E-state index in [9.17, 15) is 9.59 Å². The summed E-state index contributed by atoms with van der Waals surface area (Å²) in [6.07, 6.45) is 2.13. The van der Waals surface area contributed by atoms with Gasteiger partial charge in [0.15, 0.2) is 0 Å². The molecule has 4 rings (SSSR count). The first kappa shape index (κ1) is 22.3. The van der Waals surface area contributed by atoms with Gasteiger partial charge in [-0.15, -0.1) is 11.3 Å². The molecular weight excluding hydrogens is 432 g/mol. The third-order valence-corrected chi connectivity index (χ3v) is 7.48. The molecule has 0 spiro atoms. The van der Waals surface area contributed by atoms with Crippen molar-refractivity contribution in [3.63, 3.8) is 0 Å². The van der Waals surface area contributed by atoms with Crippen LogP contribution < -0.4 is 10.6 Å². The van der Waals surface area contributed by atoms with Gasteiger partial charge in [0.05, 0.1) is 6.54 Å². The summed E-state index contributed by atoms with van der Waals surface area (Å²) in [5.41, 5.74) is 1.12. The zero-order valence-corrected chi connectivity index (χ0v) is 19.3. The average Bonchev–Trinajstić information content (AvgIpc) is 3.39. The summed E-state index contributed by atoms with van der Waals surface area (Å²) in [5, 5.41) is 8.85. The second kappa shape index (κ2) is 10.1. The molecule has 2 N–H and O–H groups in total. The molecule has 3 atom stereocenters. The zero-order chi connectivity index (χ0) is 21.8. The van der Waals surface area contributed by atoms with Gasteiger partial charge >= 0.3 is 0 Å². The number of carbonyl (C=O) groups is 2. The Morgan fingerprint density at radius 1 is 1.32 bits per heavy atom. The Balaban J connectivity index is 1.34. The molecule has 2 aliphatic heterocycles. The van der Waals surface area contributed by atoms with Gasteiger partial charge < -0.3 is 10.6 Å². The number of halogens is 1. The second-order valence-corrected chi connectivity index (χ2v) is 9.83. The van der Waals surface area contributed by atoms with Gasteiger partial charge in [0.2, 0.25) is 11.8 Å². The van der Waals surface area contributed by atoms with Crippen LogP contribution in [0.25, 0.3) is 0 Å². The van der Waals surface area contributed by atoms with Gasteiger partial charge in [-0.25, -0.2) is 0 Å². The minimum Gasteiger partial charge on any atom is -0.353 e. The lowest BCUT2D eigenvalue weighted by Crippen LogP contribution is -2.49. The minimum atomic E-state index is -0.179. The molecular formula is C23H29ClN4O2S. The number of amides is 2. The fraction of sp³-hybridized carbons (Fsp3) is 0.478. The van der Waals surface area contributed by atoms with E-state index in [1.807, 2.05) is 35.7 Å². The Hall–Kier alpha value is -1.93. The number of benzene rings is 1. The van der Waals surface area contributed by atoms with Gasteiger partial charge in [0, 0.05) is 48.0 Å². The molecule has 31 heavy (non-hydrogen) atoms. The molecule has 0 saturated carbocycles. The van der Waals surface area contributed by atoms with Gasteiger partial charge in [-0.3, -0.25) is 19.4 Å². The number of likely N-dealkylation sites (N-methyl/N-ethyl adjacent to an activating group) is 1. The quantitative estimate of drug-likeness (QED) is 0.666. The largest absolute Gasteiger partial charge is 0.353 e. The van der Waals surface area contributed by atoms with E-state index in [0.29, 0.717) is 31.1 Å². The SMILES string of the molecule is CN1C(CCC(=O)NCc2cccs2)CNC(=O)C2C1CCN2Cc1cccc(Cl)c1. The van der Waals surface area contributed by atoms with Crippen LogP contribution in [0.15, 0.2) is 41.8 Å². The highest BCUT2D eigenvalue weighted by atomic mass is 35.5. The van der Waals surface area contributed by atoms with Crippen LogP contribution in [0, 0.1) is 0 Å². The summed E-state index contributed by atoms with van der Waals surface area (Å²) >= 11 is 7.78. The van der Waals surface area contributed by atoms with Crippen LogP contribution >= 0.6 is 22.9 Å². The van der Waals surface area contributed by atoms with E-state index < -0.39 is 0 Å². The number of likely N-dealkylation sites (tertiary alicyclic amines) is 1. The molecule has 8 heteroatoms. The van der Waals surface area contributed by atoms with Crippen molar-refractivity contribution in [2.24, 2.45) is 0 Å². The topological polar surface area (TPSA) is 64.7 Å². The standard InChI is InChI=1S/C23H29ClN4O2S/c1-27-18(7-8-21(29)25-14-19-6-3-11-31-19)13-26-23(30)22-20(27)9-10-28(22)15-16-4-2-5-17(24)12-16/h2-6,11-12,18,20,22H,7-10,13-15H2,1H3,(H,25,29)(H,26,30). The van der Waals surface area contributed by atoms with Crippen LogP contribution in [0.1, 0.15) is 29.7 Å². The predicted octanol–water partition coefficient (Wildman–Crippen LogP) is 2.87. The lowest BCUT2D eigenvalue weighted by atomic mass is 10.0. The molecule has 166 valence electrons. The summed E-state index contributed by atoms with van der Waals surface area (Å²) in [4.78, 5) is 31.0. The summed E-state index contributed by atoms with van der Waals surface area (Å²) in [7, 11) is 2.09. The second-order valence-electron chi connectivity index (χ2n) is 8.36. The van der Waals surface area contributed by atoms with Gasteiger partial charge in [-0.1, -0.05) is 29.8 Å². The number of nitrogens with one attached hydrogen (secondary N) is 2. The fourth-order valence-electron chi connectivity index (χ4n) is 4.68. The Bertz CT molecular complexity index is 907. The molecule has 6 nitrogen and oxygen atoms in total. The highest BCUT2D eigenvalue weighted by Crippen LogP contribution is 2.29. The predicted molar refractivity (Wildman–Crippen MR) is 124 cm³/mol.